The predicted octanol–water partition coefficient (Wildman–Crippen LogP) is 2.10. The molecule has 0 radical (unpaired) electrons. The van der Waals surface area contributed by atoms with Gasteiger partial charge in [-0.3, -0.25) is 4.79 Å². The second kappa shape index (κ2) is 4.58. The van der Waals surface area contributed by atoms with E-state index in [9.17, 15) is 9.59 Å². The van der Waals surface area contributed by atoms with Crippen molar-refractivity contribution < 1.29 is 14.7 Å². The minimum atomic E-state index is -1.27. The van der Waals surface area contributed by atoms with Gasteiger partial charge < -0.3 is 5.11 Å². The van der Waals surface area contributed by atoms with Crippen molar-refractivity contribution in [3.8, 4) is 0 Å². The number of carbonyl (C=O) groups is 2. The number of hydrogen-bond donors (Lipinski definition) is 1. The molecule has 1 aliphatic carbocycles. The molecule has 0 amide bonds. The quantitative estimate of drug-likeness (QED) is 0.706. The Labute approximate surface area is 84.5 Å². The summed E-state index contributed by atoms with van der Waals surface area (Å²) in [5.74, 6) is -0.753. The molecular weight excluding hydrogens is 180 g/mol. The lowest BCUT2D eigenvalue weighted by molar-refractivity contribution is -0.151. The Hall–Kier alpha value is -0.860. The van der Waals surface area contributed by atoms with Gasteiger partial charge in [0.15, 0.2) is 0 Å². The van der Waals surface area contributed by atoms with E-state index in [0.717, 1.165) is 25.7 Å². The van der Waals surface area contributed by atoms with E-state index < -0.39 is 11.8 Å². The zero-order valence-electron chi connectivity index (χ0n) is 8.82. The SMILES string of the molecule is CC(C)C1CCC(C(=O)C(=O)O)CC1. The average Bonchev–Trinajstić information content (AvgIpc) is 2.16. The summed E-state index contributed by atoms with van der Waals surface area (Å²) in [5, 5.41) is 8.56. The van der Waals surface area contributed by atoms with E-state index in [-0.39, 0.29) is 5.92 Å². The van der Waals surface area contributed by atoms with Gasteiger partial charge in [-0.05, 0) is 37.5 Å². The van der Waals surface area contributed by atoms with Crippen molar-refractivity contribution in [2.45, 2.75) is 39.5 Å². The van der Waals surface area contributed by atoms with Crippen LogP contribution in [0.2, 0.25) is 0 Å². The lowest BCUT2D eigenvalue weighted by atomic mass is 9.75. The molecule has 0 aliphatic heterocycles. The minimum Gasteiger partial charge on any atom is -0.475 e. The number of carboxylic acids is 1. The van der Waals surface area contributed by atoms with E-state index in [1.807, 2.05) is 0 Å². The normalized spacial score (nSPS) is 27.6. The maximum atomic E-state index is 11.2. The molecule has 0 saturated heterocycles. The lowest BCUT2D eigenvalue weighted by Crippen LogP contribution is -2.28. The Balaban J connectivity index is 2.43. The first kappa shape index (κ1) is 11.2. The van der Waals surface area contributed by atoms with Gasteiger partial charge in [0.2, 0.25) is 5.78 Å². The molecule has 80 valence electrons. The highest BCUT2D eigenvalue weighted by molar-refractivity contribution is 6.33. The number of hydrogen-bond acceptors (Lipinski definition) is 2. The highest BCUT2D eigenvalue weighted by Gasteiger charge is 2.30. The second-order valence-electron chi connectivity index (χ2n) is 4.53. The van der Waals surface area contributed by atoms with Crippen LogP contribution in [-0.4, -0.2) is 16.9 Å². The lowest BCUT2D eigenvalue weighted by Gasteiger charge is -2.29. The van der Waals surface area contributed by atoms with Gasteiger partial charge in [-0.2, -0.15) is 0 Å². The van der Waals surface area contributed by atoms with E-state index in [1.165, 1.54) is 0 Å². The van der Waals surface area contributed by atoms with Crippen LogP contribution in [-0.2, 0) is 9.59 Å². The maximum absolute atomic E-state index is 11.2. The van der Waals surface area contributed by atoms with Crippen LogP contribution < -0.4 is 0 Å². The minimum absolute atomic E-state index is 0.220. The zero-order chi connectivity index (χ0) is 10.7. The fraction of sp³-hybridized carbons (Fsp3) is 0.818. The molecule has 1 fully saturated rings. The average molecular weight is 198 g/mol. The molecule has 0 aromatic carbocycles. The summed E-state index contributed by atoms with van der Waals surface area (Å²) in [7, 11) is 0. The number of ketones is 1. The molecule has 1 aliphatic rings. The van der Waals surface area contributed by atoms with E-state index in [4.69, 9.17) is 5.11 Å². The zero-order valence-corrected chi connectivity index (χ0v) is 8.82. The first-order chi connectivity index (χ1) is 6.52. The van der Waals surface area contributed by atoms with E-state index in [2.05, 4.69) is 13.8 Å². The van der Waals surface area contributed by atoms with Crippen LogP contribution in [0.3, 0.4) is 0 Å². The Morgan fingerprint density at radius 2 is 1.64 bits per heavy atom. The standard InChI is InChI=1S/C11H18O3/c1-7(2)8-3-5-9(6-4-8)10(12)11(13)14/h7-9H,3-6H2,1-2H3,(H,13,14). The molecular formula is C11H18O3. The molecule has 1 saturated carbocycles. The maximum Gasteiger partial charge on any atom is 0.372 e. The Morgan fingerprint density at radius 3 is 2.00 bits per heavy atom. The van der Waals surface area contributed by atoms with Gasteiger partial charge in [0, 0.05) is 5.92 Å². The molecule has 0 aromatic rings. The summed E-state index contributed by atoms with van der Waals surface area (Å²) in [4.78, 5) is 21.6. The summed E-state index contributed by atoms with van der Waals surface area (Å²) in [6, 6.07) is 0. The molecule has 3 heteroatoms. The summed E-state index contributed by atoms with van der Waals surface area (Å²) in [6.45, 7) is 4.37. The van der Waals surface area contributed by atoms with Gasteiger partial charge in [0.25, 0.3) is 0 Å². The molecule has 0 atom stereocenters. The number of aliphatic carboxylic acids is 1. The third-order valence-corrected chi connectivity index (χ3v) is 3.30. The summed E-state index contributed by atoms with van der Waals surface area (Å²) in [6.07, 6.45) is 3.52. The third kappa shape index (κ3) is 2.56. The monoisotopic (exact) mass is 198 g/mol. The fourth-order valence-corrected chi connectivity index (χ4v) is 2.22. The molecule has 0 bridgehead atoms. The molecule has 3 nitrogen and oxygen atoms in total. The molecule has 0 aromatic heterocycles. The first-order valence-corrected chi connectivity index (χ1v) is 5.29. The first-order valence-electron chi connectivity index (χ1n) is 5.29. The number of carbonyl (C=O) groups excluding carboxylic acids is 1. The van der Waals surface area contributed by atoms with Crippen LogP contribution in [0.25, 0.3) is 0 Å². The highest BCUT2D eigenvalue weighted by atomic mass is 16.4. The highest BCUT2D eigenvalue weighted by Crippen LogP contribution is 2.33. The van der Waals surface area contributed by atoms with Gasteiger partial charge in [0.05, 0.1) is 0 Å². The van der Waals surface area contributed by atoms with Gasteiger partial charge in [-0.25, -0.2) is 4.79 Å². The van der Waals surface area contributed by atoms with Crippen LogP contribution in [0.15, 0.2) is 0 Å². The van der Waals surface area contributed by atoms with Crippen molar-refractivity contribution in [1.29, 1.82) is 0 Å². The Morgan fingerprint density at radius 1 is 1.14 bits per heavy atom. The van der Waals surface area contributed by atoms with E-state index >= 15 is 0 Å². The summed E-state index contributed by atoms with van der Waals surface area (Å²) >= 11 is 0. The van der Waals surface area contributed by atoms with E-state index in [1.54, 1.807) is 0 Å². The van der Waals surface area contributed by atoms with Crippen molar-refractivity contribution in [3.05, 3.63) is 0 Å². The summed E-state index contributed by atoms with van der Waals surface area (Å²) < 4.78 is 0. The predicted molar refractivity (Wildman–Crippen MR) is 52.9 cm³/mol. The van der Waals surface area contributed by atoms with Crippen molar-refractivity contribution in [2.75, 3.05) is 0 Å². The number of rotatable bonds is 3. The largest absolute Gasteiger partial charge is 0.475 e. The number of Topliss-reactive ketones (excluding diaryl/α,β-unsaturated/α-hetero) is 1. The van der Waals surface area contributed by atoms with Gasteiger partial charge in [-0.15, -0.1) is 0 Å². The van der Waals surface area contributed by atoms with Crippen molar-refractivity contribution in [1.82, 2.24) is 0 Å². The molecule has 1 N–H and O–H groups in total. The smallest absolute Gasteiger partial charge is 0.372 e. The van der Waals surface area contributed by atoms with Crippen LogP contribution in [0, 0.1) is 17.8 Å². The number of carboxylic acid groups (broad SMARTS) is 1. The van der Waals surface area contributed by atoms with Crippen LogP contribution in [0.4, 0.5) is 0 Å². The summed E-state index contributed by atoms with van der Waals surface area (Å²) in [5.41, 5.74) is 0. The second-order valence-corrected chi connectivity index (χ2v) is 4.53. The fourth-order valence-electron chi connectivity index (χ4n) is 2.22. The Kier molecular flexibility index (Phi) is 3.67. The topological polar surface area (TPSA) is 54.4 Å². The van der Waals surface area contributed by atoms with Crippen LogP contribution in [0.5, 0.6) is 0 Å². The molecule has 1 rings (SSSR count). The Bertz CT molecular complexity index is 225. The van der Waals surface area contributed by atoms with Crippen LogP contribution >= 0.6 is 0 Å². The molecule has 14 heavy (non-hydrogen) atoms. The van der Waals surface area contributed by atoms with Crippen molar-refractivity contribution >= 4 is 11.8 Å². The van der Waals surface area contributed by atoms with Gasteiger partial charge in [-0.1, -0.05) is 13.8 Å². The third-order valence-electron chi connectivity index (χ3n) is 3.30. The molecule has 0 spiro atoms. The van der Waals surface area contributed by atoms with Gasteiger partial charge >= 0.3 is 5.97 Å². The van der Waals surface area contributed by atoms with E-state index in [0.29, 0.717) is 11.8 Å². The van der Waals surface area contributed by atoms with Crippen molar-refractivity contribution in [2.24, 2.45) is 17.8 Å². The molecule has 0 unspecified atom stereocenters. The van der Waals surface area contributed by atoms with Crippen molar-refractivity contribution in [3.63, 3.8) is 0 Å². The van der Waals surface area contributed by atoms with Crippen LogP contribution in [0.1, 0.15) is 39.5 Å². The molecule has 0 heterocycles. The van der Waals surface area contributed by atoms with Gasteiger partial charge in [0.1, 0.15) is 0 Å².